The molecule has 0 saturated heterocycles. The lowest BCUT2D eigenvalue weighted by atomic mass is 10.1. The fourth-order valence-corrected chi connectivity index (χ4v) is 2.57. The highest BCUT2D eigenvalue weighted by atomic mass is 19.3. The van der Waals surface area contributed by atoms with Crippen LogP contribution in [0, 0.1) is 10.1 Å². The zero-order chi connectivity index (χ0) is 21.8. The molecule has 1 amide bonds. The van der Waals surface area contributed by atoms with E-state index in [1.807, 2.05) is 0 Å². The van der Waals surface area contributed by atoms with Crippen LogP contribution in [0.1, 0.15) is 45.5 Å². The third kappa shape index (κ3) is 5.56. The molecule has 2 heterocycles. The number of aromatic nitrogens is 3. The SMILES string of the molecule is C=CC[C@@H](NC(=O)OC(C)(C)C)c1cc(-c2c([N+](=O)[O-])cnn2C(F)F)ccn1. The molecule has 156 valence electrons. The predicted octanol–water partition coefficient (Wildman–Crippen LogP) is 4.39. The van der Waals surface area contributed by atoms with Crippen LogP contribution in [0.3, 0.4) is 0 Å². The van der Waals surface area contributed by atoms with Gasteiger partial charge in [-0.2, -0.15) is 18.6 Å². The van der Waals surface area contributed by atoms with Gasteiger partial charge in [0.2, 0.25) is 0 Å². The summed E-state index contributed by atoms with van der Waals surface area (Å²) in [4.78, 5) is 26.7. The first-order valence-corrected chi connectivity index (χ1v) is 8.60. The molecule has 2 aromatic rings. The van der Waals surface area contributed by atoms with E-state index in [-0.39, 0.29) is 22.4 Å². The number of alkyl carbamates (subject to hydrolysis) is 1. The number of hydrogen-bond acceptors (Lipinski definition) is 6. The zero-order valence-electron chi connectivity index (χ0n) is 16.1. The molecule has 0 aliphatic rings. The number of halogens is 2. The van der Waals surface area contributed by atoms with Gasteiger partial charge in [-0.05, 0) is 39.3 Å². The summed E-state index contributed by atoms with van der Waals surface area (Å²) in [6, 6.07) is 2.06. The first-order chi connectivity index (χ1) is 13.5. The maximum Gasteiger partial charge on any atom is 0.408 e. The van der Waals surface area contributed by atoms with Crippen LogP contribution >= 0.6 is 0 Å². The van der Waals surface area contributed by atoms with Crippen molar-refractivity contribution in [2.45, 2.75) is 45.4 Å². The second-order valence-electron chi connectivity index (χ2n) is 7.05. The summed E-state index contributed by atoms with van der Waals surface area (Å²) >= 11 is 0. The molecule has 0 bridgehead atoms. The van der Waals surface area contributed by atoms with Gasteiger partial charge in [0, 0.05) is 11.8 Å². The lowest BCUT2D eigenvalue weighted by Gasteiger charge is -2.23. The van der Waals surface area contributed by atoms with E-state index in [1.54, 1.807) is 26.8 Å². The molecule has 2 aromatic heterocycles. The molecule has 11 heteroatoms. The third-order valence-corrected chi connectivity index (χ3v) is 3.66. The zero-order valence-corrected chi connectivity index (χ0v) is 16.1. The summed E-state index contributed by atoms with van der Waals surface area (Å²) in [5.41, 5.74) is -1.24. The van der Waals surface area contributed by atoms with Gasteiger partial charge in [0.25, 0.3) is 0 Å². The molecule has 1 N–H and O–H groups in total. The summed E-state index contributed by atoms with van der Waals surface area (Å²) in [6.45, 7) is 5.68. The Morgan fingerprint density at radius 2 is 2.17 bits per heavy atom. The van der Waals surface area contributed by atoms with E-state index in [2.05, 4.69) is 22.0 Å². The number of nitro groups is 1. The molecule has 0 fully saturated rings. The minimum Gasteiger partial charge on any atom is -0.444 e. The highest BCUT2D eigenvalue weighted by Gasteiger charge is 2.27. The quantitative estimate of drug-likeness (QED) is 0.412. The van der Waals surface area contributed by atoms with Gasteiger partial charge < -0.3 is 10.1 Å². The van der Waals surface area contributed by atoms with Crippen LogP contribution in [-0.2, 0) is 4.74 Å². The number of alkyl halides is 2. The Labute approximate surface area is 165 Å². The maximum atomic E-state index is 13.3. The highest BCUT2D eigenvalue weighted by Crippen LogP contribution is 2.33. The van der Waals surface area contributed by atoms with Gasteiger partial charge in [0.1, 0.15) is 11.8 Å². The fourth-order valence-electron chi connectivity index (χ4n) is 2.57. The topological polar surface area (TPSA) is 112 Å². The van der Waals surface area contributed by atoms with E-state index in [9.17, 15) is 23.7 Å². The molecule has 0 spiro atoms. The van der Waals surface area contributed by atoms with Crippen molar-refractivity contribution in [1.29, 1.82) is 0 Å². The van der Waals surface area contributed by atoms with Crippen LogP contribution in [0.5, 0.6) is 0 Å². The number of carbonyl (C=O) groups is 1. The predicted molar refractivity (Wildman–Crippen MR) is 100 cm³/mol. The number of nitrogens with one attached hydrogen (secondary N) is 1. The number of ether oxygens (including phenoxy) is 1. The smallest absolute Gasteiger partial charge is 0.408 e. The van der Waals surface area contributed by atoms with Gasteiger partial charge in [-0.1, -0.05) is 6.08 Å². The van der Waals surface area contributed by atoms with Crippen molar-refractivity contribution in [2.75, 3.05) is 0 Å². The van der Waals surface area contributed by atoms with Crippen molar-refractivity contribution in [1.82, 2.24) is 20.1 Å². The molecule has 0 unspecified atom stereocenters. The Morgan fingerprint density at radius 1 is 1.48 bits per heavy atom. The van der Waals surface area contributed by atoms with Gasteiger partial charge in [-0.3, -0.25) is 15.1 Å². The second kappa shape index (κ2) is 8.76. The summed E-state index contributed by atoms with van der Waals surface area (Å²) in [5.74, 6) is 0. The molecular formula is C18H21F2N5O4. The molecule has 29 heavy (non-hydrogen) atoms. The maximum absolute atomic E-state index is 13.3. The van der Waals surface area contributed by atoms with Gasteiger partial charge in [-0.15, -0.1) is 6.58 Å². The molecule has 9 nitrogen and oxygen atoms in total. The largest absolute Gasteiger partial charge is 0.444 e. The van der Waals surface area contributed by atoms with Gasteiger partial charge >= 0.3 is 18.3 Å². The average Bonchev–Trinajstić information content (AvgIpc) is 3.05. The molecule has 1 atom stereocenters. The van der Waals surface area contributed by atoms with Gasteiger partial charge in [0.05, 0.1) is 16.7 Å². The number of hydrogen-bond donors (Lipinski definition) is 1. The molecular weight excluding hydrogens is 388 g/mol. The van der Waals surface area contributed by atoms with Crippen LogP contribution in [0.2, 0.25) is 0 Å². The molecule has 0 aliphatic carbocycles. The Bertz CT molecular complexity index is 908. The summed E-state index contributed by atoms with van der Waals surface area (Å²) in [5, 5.41) is 17.3. The number of rotatable bonds is 7. The second-order valence-corrected chi connectivity index (χ2v) is 7.05. The Balaban J connectivity index is 2.44. The van der Waals surface area contributed by atoms with Crippen molar-refractivity contribution in [2.24, 2.45) is 0 Å². The lowest BCUT2D eigenvalue weighted by molar-refractivity contribution is -0.384. The molecule has 0 radical (unpaired) electrons. The van der Waals surface area contributed by atoms with E-state index in [0.29, 0.717) is 5.69 Å². The highest BCUT2D eigenvalue weighted by molar-refractivity contribution is 5.71. The van der Waals surface area contributed by atoms with E-state index in [1.165, 1.54) is 18.3 Å². The van der Waals surface area contributed by atoms with Crippen molar-refractivity contribution in [3.05, 3.63) is 53.0 Å². The van der Waals surface area contributed by atoms with Gasteiger partial charge in [0.15, 0.2) is 5.69 Å². The van der Waals surface area contributed by atoms with E-state index in [4.69, 9.17) is 4.74 Å². The summed E-state index contributed by atoms with van der Waals surface area (Å²) < 4.78 is 32.0. The van der Waals surface area contributed by atoms with Crippen LogP contribution in [-0.4, -0.2) is 31.4 Å². The van der Waals surface area contributed by atoms with Crippen molar-refractivity contribution in [3.8, 4) is 11.3 Å². The van der Waals surface area contributed by atoms with Crippen LogP contribution in [0.15, 0.2) is 37.2 Å². The molecule has 0 aromatic carbocycles. The average molecular weight is 409 g/mol. The number of pyridine rings is 1. The van der Waals surface area contributed by atoms with E-state index in [0.717, 1.165) is 6.20 Å². The molecule has 0 saturated carbocycles. The van der Waals surface area contributed by atoms with Crippen LogP contribution in [0.25, 0.3) is 11.3 Å². The summed E-state index contributed by atoms with van der Waals surface area (Å²) in [7, 11) is 0. The fraction of sp³-hybridized carbons (Fsp3) is 0.389. The van der Waals surface area contributed by atoms with E-state index >= 15 is 0 Å². The van der Waals surface area contributed by atoms with Crippen molar-refractivity contribution in [3.63, 3.8) is 0 Å². The Morgan fingerprint density at radius 3 is 2.72 bits per heavy atom. The minimum atomic E-state index is -3.07. The first-order valence-electron chi connectivity index (χ1n) is 8.60. The first kappa shape index (κ1) is 21.9. The van der Waals surface area contributed by atoms with Crippen molar-refractivity contribution < 1.29 is 23.2 Å². The Hall–Kier alpha value is -3.37. The lowest BCUT2D eigenvalue weighted by Crippen LogP contribution is -2.35. The number of carbonyl (C=O) groups excluding carboxylic acids is 1. The number of amides is 1. The summed E-state index contributed by atoms with van der Waals surface area (Å²) in [6.07, 6.45) is 3.19. The minimum absolute atomic E-state index is 0.111. The normalized spacial score (nSPS) is 12.5. The van der Waals surface area contributed by atoms with Crippen LogP contribution < -0.4 is 5.32 Å². The van der Waals surface area contributed by atoms with E-state index < -0.39 is 34.9 Å². The monoisotopic (exact) mass is 409 g/mol. The Kier molecular flexibility index (Phi) is 6.62. The molecule has 2 rings (SSSR count). The standard InChI is InChI=1S/C18H21F2N5O4/c1-5-6-12(23-17(26)29-18(2,3)4)13-9-11(7-8-21-13)15-14(25(27)28)10-22-24(15)16(19)20/h5,7-10,12,16H,1,6H2,2-4H3,(H,23,26)/t12-/m1/s1. The third-order valence-electron chi connectivity index (χ3n) is 3.66. The molecule has 0 aliphatic heterocycles. The van der Waals surface area contributed by atoms with Gasteiger partial charge in [-0.25, -0.2) is 4.79 Å². The van der Waals surface area contributed by atoms with Crippen LogP contribution in [0.4, 0.5) is 19.3 Å². The number of nitrogens with zero attached hydrogens (tertiary/aromatic N) is 4. The van der Waals surface area contributed by atoms with Crippen molar-refractivity contribution >= 4 is 11.8 Å².